The van der Waals surface area contributed by atoms with Gasteiger partial charge in [-0.25, -0.2) is 4.98 Å². The second kappa shape index (κ2) is 5.07. The normalized spacial score (nSPS) is 17.7. The molecule has 2 rings (SSSR count). The van der Waals surface area contributed by atoms with Gasteiger partial charge in [-0.2, -0.15) is 0 Å². The van der Waals surface area contributed by atoms with Gasteiger partial charge in [0.2, 0.25) is 0 Å². The Bertz CT molecular complexity index is 482. The summed E-state index contributed by atoms with van der Waals surface area (Å²) in [5.41, 5.74) is 12.5. The van der Waals surface area contributed by atoms with Gasteiger partial charge in [-0.1, -0.05) is 13.8 Å². The number of aromatic nitrogens is 1. The Morgan fingerprint density at radius 2 is 2.11 bits per heavy atom. The minimum atomic E-state index is -0.516. The van der Waals surface area contributed by atoms with Crippen molar-refractivity contribution >= 4 is 17.4 Å². The van der Waals surface area contributed by atoms with Gasteiger partial charge in [0.1, 0.15) is 5.69 Å². The van der Waals surface area contributed by atoms with Gasteiger partial charge in [-0.15, -0.1) is 0 Å². The van der Waals surface area contributed by atoms with Gasteiger partial charge in [0.15, 0.2) is 5.82 Å². The predicted octanol–water partition coefficient (Wildman–Crippen LogP) is 1.78. The third kappa shape index (κ3) is 2.50. The summed E-state index contributed by atoms with van der Waals surface area (Å²) in [6, 6.07) is 3.28. The molecule has 0 atom stereocenters. The molecule has 0 spiro atoms. The molecule has 5 nitrogen and oxygen atoms in total. The number of anilines is 2. The van der Waals surface area contributed by atoms with Crippen molar-refractivity contribution in [2.45, 2.75) is 33.1 Å². The summed E-state index contributed by atoms with van der Waals surface area (Å²) >= 11 is 0. The van der Waals surface area contributed by atoms with Crippen LogP contribution in [0.2, 0.25) is 0 Å². The fourth-order valence-electron chi connectivity index (χ4n) is 2.79. The number of primary amides is 1. The standard InChI is InChI=1S/C14H22N4O/c1-3-14(4-2)7-8-18(9-14)13-10(15)5-6-11(17-13)12(16)19/h5-6H,3-4,7-9,15H2,1-2H3,(H2,16,19). The molecule has 5 heteroatoms. The molecule has 1 fully saturated rings. The number of hydrogen-bond donors (Lipinski definition) is 2. The lowest BCUT2D eigenvalue weighted by atomic mass is 9.82. The zero-order chi connectivity index (χ0) is 14.0. The zero-order valence-corrected chi connectivity index (χ0v) is 11.6. The maximum Gasteiger partial charge on any atom is 0.267 e. The summed E-state index contributed by atoms with van der Waals surface area (Å²) in [6.07, 6.45) is 3.44. The van der Waals surface area contributed by atoms with Crippen LogP contribution in [0.25, 0.3) is 0 Å². The fourth-order valence-corrected chi connectivity index (χ4v) is 2.79. The van der Waals surface area contributed by atoms with Crippen LogP contribution in [-0.2, 0) is 0 Å². The van der Waals surface area contributed by atoms with E-state index in [0.717, 1.165) is 32.4 Å². The van der Waals surface area contributed by atoms with Gasteiger partial charge >= 0.3 is 0 Å². The lowest BCUT2D eigenvalue weighted by Crippen LogP contribution is -2.28. The molecular weight excluding hydrogens is 240 g/mol. The van der Waals surface area contributed by atoms with Crippen LogP contribution in [0.3, 0.4) is 0 Å². The maximum atomic E-state index is 11.2. The number of pyridine rings is 1. The molecule has 104 valence electrons. The topological polar surface area (TPSA) is 85.2 Å². The van der Waals surface area contributed by atoms with E-state index >= 15 is 0 Å². The van der Waals surface area contributed by atoms with E-state index in [2.05, 4.69) is 23.7 Å². The molecule has 1 amide bonds. The number of nitrogens with zero attached hydrogens (tertiary/aromatic N) is 2. The highest BCUT2D eigenvalue weighted by Crippen LogP contribution is 2.39. The molecule has 4 N–H and O–H groups in total. The summed E-state index contributed by atoms with van der Waals surface area (Å²) in [7, 11) is 0. The van der Waals surface area contributed by atoms with Crippen LogP contribution in [0.1, 0.15) is 43.6 Å². The molecular formula is C14H22N4O. The molecule has 1 aliphatic rings. The summed E-state index contributed by atoms with van der Waals surface area (Å²) in [5.74, 6) is 0.178. The Labute approximate surface area is 114 Å². The minimum Gasteiger partial charge on any atom is -0.396 e. The first-order chi connectivity index (χ1) is 9.01. The average molecular weight is 262 g/mol. The highest BCUT2D eigenvalue weighted by atomic mass is 16.1. The largest absolute Gasteiger partial charge is 0.396 e. The quantitative estimate of drug-likeness (QED) is 0.866. The second-order valence-electron chi connectivity index (χ2n) is 5.35. The Balaban J connectivity index is 2.28. The number of nitrogens with two attached hydrogens (primary N) is 2. The van der Waals surface area contributed by atoms with E-state index in [0.29, 0.717) is 16.9 Å². The highest BCUT2D eigenvalue weighted by molar-refractivity contribution is 5.91. The van der Waals surface area contributed by atoms with E-state index in [1.54, 1.807) is 12.1 Å². The second-order valence-corrected chi connectivity index (χ2v) is 5.35. The van der Waals surface area contributed by atoms with Crippen LogP contribution >= 0.6 is 0 Å². The number of hydrogen-bond acceptors (Lipinski definition) is 4. The van der Waals surface area contributed by atoms with Crippen molar-refractivity contribution in [3.05, 3.63) is 17.8 Å². The highest BCUT2D eigenvalue weighted by Gasteiger charge is 2.36. The number of carbonyl (C=O) groups excluding carboxylic acids is 1. The SMILES string of the molecule is CCC1(CC)CCN(c2nc(C(N)=O)ccc2N)C1. The zero-order valence-electron chi connectivity index (χ0n) is 11.6. The predicted molar refractivity (Wildman–Crippen MR) is 77.0 cm³/mol. The van der Waals surface area contributed by atoms with Crippen molar-refractivity contribution in [2.75, 3.05) is 23.7 Å². The number of rotatable bonds is 4. The summed E-state index contributed by atoms with van der Waals surface area (Å²) in [6.45, 7) is 6.33. The Hall–Kier alpha value is -1.78. The van der Waals surface area contributed by atoms with E-state index in [1.807, 2.05) is 0 Å². The van der Waals surface area contributed by atoms with Crippen LogP contribution in [0.15, 0.2) is 12.1 Å². The average Bonchev–Trinajstić information content (AvgIpc) is 2.84. The Morgan fingerprint density at radius 3 is 2.63 bits per heavy atom. The van der Waals surface area contributed by atoms with Crippen molar-refractivity contribution in [2.24, 2.45) is 11.1 Å². The molecule has 0 aliphatic carbocycles. The number of carbonyl (C=O) groups is 1. The van der Waals surface area contributed by atoms with Gasteiger partial charge in [0.05, 0.1) is 5.69 Å². The first kappa shape index (κ1) is 13.6. The van der Waals surface area contributed by atoms with Crippen LogP contribution in [-0.4, -0.2) is 24.0 Å². The fraction of sp³-hybridized carbons (Fsp3) is 0.571. The molecule has 0 saturated carbocycles. The van der Waals surface area contributed by atoms with Crippen molar-refractivity contribution in [1.29, 1.82) is 0 Å². The third-order valence-electron chi connectivity index (χ3n) is 4.40. The molecule has 0 radical (unpaired) electrons. The molecule has 0 bridgehead atoms. The van der Waals surface area contributed by atoms with Gasteiger partial charge in [-0.3, -0.25) is 4.79 Å². The molecule has 19 heavy (non-hydrogen) atoms. The molecule has 1 aromatic heterocycles. The van der Waals surface area contributed by atoms with Gasteiger partial charge in [0, 0.05) is 13.1 Å². The summed E-state index contributed by atoms with van der Waals surface area (Å²) in [5, 5.41) is 0. The molecule has 2 heterocycles. The molecule has 1 aromatic rings. The first-order valence-corrected chi connectivity index (χ1v) is 6.82. The van der Waals surface area contributed by atoms with Crippen molar-refractivity contribution in [3.63, 3.8) is 0 Å². The van der Waals surface area contributed by atoms with Gasteiger partial charge < -0.3 is 16.4 Å². The van der Waals surface area contributed by atoms with E-state index < -0.39 is 5.91 Å². The smallest absolute Gasteiger partial charge is 0.267 e. The van der Waals surface area contributed by atoms with Gasteiger partial charge in [-0.05, 0) is 36.8 Å². The first-order valence-electron chi connectivity index (χ1n) is 6.82. The van der Waals surface area contributed by atoms with Crippen molar-refractivity contribution in [1.82, 2.24) is 4.98 Å². The van der Waals surface area contributed by atoms with E-state index in [1.165, 1.54) is 0 Å². The van der Waals surface area contributed by atoms with Crippen LogP contribution in [0.5, 0.6) is 0 Å². The van der Waals surface area contributed by atoms with Crippen LogP contribution in [0.4, 0.5) is 11.5 Å². The Kier molecular flexibility index (Phi) is 3.64. The molecule has 0 aromatic carbocycles. The summed E-state index contributed by atoms with van der Waals surface area (Å²) in [4.78, 5) is 17.7. The van der Waals surface area contributed by atoms with E-state index in [4.69, 9.17) is 11.5 Å². The maximum absolute atomic E-state index is 11.2. The van der Waals surface area contributed by atoms with E-state index in [-0.39, 0.29) is 5.69 Å². The third-order valence-corrected chi connectivity index (χ3v) is 4.40. The molecule has 1 aliphatic heterocycles. The molecule has 1 saturated heterocycles. The number of amides is 1. The van der Waals surface area contributed by atoms with Gasteiger partial charge in [0.25, 0.3) is 5.91 Å². The van der Waals surface area contributed by atoms with Crippen molar-refractivity contribution < 1.29 is 4.79 Å². The van der Waals surface area contributed by atoms with Crippen LogP contribution in [0, 0.1) is 5.41 Å². The minimum absolute atomic E-state index is 0.273. The van der Waals surface area contributed by atoms with E-state index in [9.17, 15) is 4.79 Å². The number of nitrogen functional groups attached to an aromatic ring is 1. The van der Waals surface area contributed by atoms with Crippen LogP contribution < -0.4 is 16.4 Å². The lowest BCUT2D eigenvalue weighted by Gasteiger charge is -2.27. The summed E-state index contributed by atoms with van der Waals surface area (Å²) < 4.78 is 0. The van der Waals surface area contributed by atoms with Crippen molar-refractivity contribution in [3.8, 4) is 0 Å². The molecule has 0 unspecified atom stereocenters. The monoisotopic (exact) mass is 262 g/mol. The Morgan fingerprint density at radius 1 is 1.42 bits per heavy atom. The lowest BCUT2D eigenvalue weighted by molar-refractivity contribution is 0.0995.